The number of ether oxygens (including phenoxy) is 1. The summed E-state index contributed by atoms with van der Waals surface area (Å²) in [4.78, 5) is 0. The fourth-order valence-electron chi connectivity index (χ4n) is 2.20. The topological polar surface area (TPSA) is 21.3 Å². The number of nitrogens with one attached hydrogen (secondary N) is 1. The molecule has 16 heavy (non-hydrogen) atoms. The van der Waals surface area contributed by atoms with E-state index in [1.165, 1.54) is 31.4 Å². The van der Waals surface area contributed by atoms with Gasteiger partial charge < -0.3 is 10.1 Å². The summed E-state index contributed by atoms with van der Waals surface area (Å²) in [6.45, 7) is 4.09. The van der Waals surface area contributed by atoms with Crippen LogP contribution in [0.1, 0.15) is 31.2 Å². The van der Waals surface area contributed by atoms with Crippen molar-refractivity contribution in [3.8, 4) is 5.75 Å². The van der Waals surface area contributed by atoms with Gasteiger partial charge in [0.05, 0.1) is 6.61 Å². The van der Waals surface area contributed by atoms with Crippen LogP contribution in [0.15, 0.2) is 24.3 Å². The first-order chi connectivity index (χ1) is 7.86. The molecule has 1 saturated heterocycles. The molecule has 1 aromatic rings. The number of hydrogen-bond donors (Lipinski definition) is 1. The van der Waals surface area contributed by atoms with Gasteiger partial charge in [0.2, 0.25) is 0 Å². The van der Waals surface area contributed by atoms with E-state index in [-0.39, 0.29) is 0 Å². The van der Waals surface area contributed by atoms with E-state index in [2.05, 4.69) is 18.3 Å². The number of piperidine rings is 1. The minimum absolute atomic E-state index is 0.665. The van der Waals surface area contributed by atoms with Gasteiger partial charge in [-0.1, -0.05) is 24.6 Å². The molecule has 2 rings (SSSR count). The lowest BCUT2D eigenvalue weighted by Crippen LogP contribution is -2.35. The van der Waals surface area contributed by atoms with Crippen molar-refractivity contribution >= 4 is 0 Å². The fraction of sp³-hybridized carbons (Fsp3) is 0.571. The van der Waals surface area contributed by atoms with E-state index in [4.69, 9.17) is 4.74 Å². The van der Waals surface area contributed by atoms with E-state index in [9.17, 15) is 0 Å². The average molecular weight is 219 g/mol. The van der Waals surface area contributed by atoms with Crippen LogP contribution >= 0.6 is 0 Å². The second-order valence-corrected chi connectivity index (χ2v) is 4.55. The van der Waals surface area contributed by atoms with Crippen molar-refractivity contribution in [3.63, 3.8) is 0 Å². The van der Waals surface area contributed by atoms with Crippen molar-refractivity contribution in [2.45, 2.75) is 38.6 Å². The average Bonchev–Trinajstić information content (AvgIpc) is 2.33. The highest BCUT2D eigenvalue weighted by molar-refractivity contribution is 5.31. The van der Waals surface area contributed by atoms with Gasteiger partial charge in [0.25, 0.3) is 0 Å². The van der Waals surface area contributed by atoms with Gasteiger partial charge in [0.15, 0.2) is 0 Å². The van der Waals surface area contributed by atoms with Crippen molar-refractivity contribution in [1.82, 2.24) is 5.32 Å². The maximum atomic E-state index is 5.80. The molecule has 0 radical (unpaired) electrons. The van der Waals surface area contributed by atoms with Crippen molar-refractivity contribution in [2.75, 3.05) is 13.2 Å². The Hall–Kier alpha value is -1.02. The summed E-state index contributed by atoms with van der Waals surface area (Å²) in [5.74, 6) is 1.03. The van der Waals surface area contributed by atoms with Gasteiger partial charge in [0.1, 0.15) is 5.75 Å². The highest BCUT2D eigenvalue weighted by Gasteiger charge is 2.12. The van der Waals surface area contributed by atoms with Crippen LogP contribution in [-0.4, -0.2) is 19.2 Å². The molecule has 88 valence electrons. The van der Waals surface area contributed by atoms with Crippen molar-refractivity contribution in [3.05, 3.63) is 29.8 Å². The highest BCUT2D eigenvalue weighted by atomic mass is 16.5. The maximum Gasteiger partial charge on any atom is 0.122 e. The molecule has 1 N–H and O–H groups in total. The molecule has 1 atom stereocenters. The lowest BCUT2D eigenvalue weighted by Gasteiger charge is -2.23. The Kier molecular flexibility index (Phi) is 4.23. The van der Waals surface area contributed by atoms with E-state index < -0.39 is 0 Å². The summed E-state index contributed by atoms with van der Waals surface area (Å²) in [6, 6.07) is 8.88. The predicted octanol–water partition coefficient (Wildman–Crippen LogP) is 2.91. The molecule has 0 spiro atoms. The molecule has 1 fully saturated rings. The SMILES string of the molecule is Cc1ccccc1OCC[C@@H]1CCCCN1. The van der Waals surface area contributed by atoms with Gasteiger partial charge >= 0.3 is 0 Å². The van der Waals surface area contributed by atoms with Gasteiger partial charge in [-0.15, -0.1) is 0 Å². The molecule has 2 nitrogen and oxygen atoms in total. The molecule has 1 aliphatic rings. The maximum absolute atomic E-state index is 5.80. The van der Waals surface area contributed by atoms with Crippen molar-refractivity contribution < 1.29 is 4.74 Å². The summed E-state index contributed by atoms with van der Waals surface area (Å²) >= 11 is 0. The molecule has 0 unspecified atom stereocenters. The van der Waals surface area contributed by atoms with Crippen LogP contribution in [0.2, 0.25) is 0 Å². The summed E-state index contributed by atoms with van der Waals surface area (Å²) in [7, 11) is 0. The second kappa shape index (κ2) is 5.90. The zero-order chi connectivity index (χ0) is 11.2. The van der Waals surface area contributed by atoms with Gasteiger partial charge in [-0.25, -0.2) is 0 Å². The van der Waals surface area contributed by atoms with Crippen LogP contribution in [0, 0.1) is 6.92 Å². The molecule has 0 aliphatic carbocycles. The standard InChI is InChI=1S/C14H21NO/c1-12-6-2-3-8-14(12)16-11-9-13-7-4-5-10-15-13/h2-3,6,8,13,15H,4-5,7,9-11H2,1H3/t13-/m0/s1. The zero-order valence-electron chi connectivity index (χ0n) is 10.0. The summed E-state index contributed by atoms with van der Waals surface area (Å²) in [5.41, 5.74) is 1.22. The first-order valence-corrected chi connectivity index (χ1v) is 6.28. The summed E-state index contributed by atoms with van der Waals surface area (Å²) < 4.78 is 5.80. The van der Waals surface area contributed by atoms with Crippen LogP contribution in [0.3, 0.4) is 0 Å². The number of hydrogen-bond acceptors (Lipinski definition) is 2. The fourth-order valence-corrected chi connectivity index (χ4v) is 2.20. The third kappa shape index (κ3) is 3.24. The highest BCUT2D eigenvalue weighted by Crippen LogP contribution is 2.17. The molecular weight excluding hydrogens is 198 g/mol. The lowest BCUT2D eigenvalue weighted by molar-refractivity contribution is 0.267. The molecule has 1 heterocycles. The van der Waals surface area contributed by atoms with Gasteiger partial charge in [-0.05, 0) is 44.4 Å². The Morgan fingerprint density at radius 1 is 1.31 bits per heavy atom. The normalized spacial score (nSPS) is 20.7. The second-order valence-electron chi connectivity index (χ2n) is 4.55. The van der Waals surface area contributed by atoms with Crippen molar-refractivity contribution in [2.24, 2.45) is 0 Å². The molecule has 0 aromatic heterocycles. The lowest BCUT2D eigenvalue weighted by atomic mass is 10.0. The molecule has 0 saturated carbocycles. The Morgan fingerprint density at radius 2 is 2.19 bits per heavy atom. The summed E-state index contributed by atoms with van der Waals surface area (Å²) in [5, 5.41) is 3.54. The van der Waals surface area contributed by atoms with Crippen LogP contribution in [0.4, 0.5) is 0 Å². The van der Waals surface area contributed by atoms with E-state index in [1.54, 1.807) is 0 Å². The molecule has 2 heteroatoms. The van der Waals surface area contributed by atoms with Gasteiger partial charge in [0, 0.05) is 6.04 Å². The Balaban J connectivity index is 1.73. The van der Waals surface area contributed by atoms with Gasteiger partial charge in [-0.3, -0.25) is 0 Å². The number of para-hydroxylation sites is 1. The van der Waals surface area contributed by atoms with Crippen LogP contribution in [0.5, 0.6) is 5.75 Å². The van der Waals surface area contributed by atoms with Crippen molar-refractivity contribution in [1.29, 1.82) is 0 Å². The molecule has 0 amide bonds. The number of benzene rings is 1. The molecule has 1 aliphatic heterocycles. The Labute approximate surface area is 98.0 Å². The summed E-state index contributed by atoms with van der Waals surface area (Å²) in [6.07, 6.45) is 5.11. The molecule has 0 bridgehead atoms. The quantitative estimate of drug-likeness (QED) is 0.840. The van der Waals surface area contributed by atoms with E-state index in [0.29, 0.717) is 6.04 Å². The van der Waals surface area contributed by atoms with Crippen LogP contribution in [0.25, 0.3) is 0 Å². The molecular formula is C14H21NO. The van der Waals surface area contributed by atoms with E-state index in [1.807, 2.05) is 18.2 Å². The van der Waals surface area contributed by atoms with E-state index in [0.717, 1.165) is 18.8 Å². The number of aryl methyl sites for hydroxylation is 1. The monoisotopic (exact) mass is 219 g/mol. The third-order valence-electron chi connectivity index (χ3n) is 3.23. The smallest absolute Gasteiger partial charge is 0.122 e. The minimum Gasteiger partial charge on any atom is -0.493 e. The first-order valence-electron chi connectivity index (χ1n) is 6.28. The zero-order valence-corrected chi connectivity index (χ0v) is 10.0. The number of rotatable bonds is 4. The molecule has 1 aromatic carbocycles. The predicted molar refractivity (Wildman–Crippen MR) is 66.9 cm³/mol. The largest absolute Gasteiger partial charge is 0.493 e. The minimum atomic E-state index is 0.665. The Morgan fingerprint density at radius 3 is 2.94 bits per heavy atom. The van der Waals surface area contributed by atoms with Crippen LogP contribution < -0.4 is 10.1 Å². The van der Waals surface area contributed by atoms with Crippen LogP contribution in [-0.2, 0) is 0 Å². The Bertz CT molecular complexity index is 318. The van der Waals surface area contributed by atoms with E-state index >= 15 is 0 Å². The van der Waals surface area contributed by atoms with Gasteiger partial charge in [-0.2, -0.15) is 0 Å². The first kappa shape index (κ1) is 11.5. The third-order valence-corrected chi connectivity index (χ3v) is 3.23.